The third kappa shape index (κ3) is 3.23. The van der Waals surface area contributed by atoms with Crippen molar-refractivity contribution in [1.29, 1.82) is 0 Å². The number of hydrogen-bond acceptors (Lipinski definition) is 4. The van der Waals surface area contributed by atoms with E-state index >= 15 is 0 Å². The van der Waals surface area contributed by atoms with Crippen molar-refractivity contribution in [2.45, 2.75) is 12.3 Å². The van der Waals surface area contributed by atoms with Crippen molar-refractivity contribution < 1.29 is 9.59 Å². The molecule has 28 heavy (non-hydrogen) atoms. The molecule has 6 nitrogen and oxygen atoms in total. The van der Waals surface area contributed by atoms with Gasteiger partial charge in [-0.05, 0) is 30.7 Å². The molecular formula is C22H22N4O2. The Balaban J connectivity index is 1.46. The van der Waals surface area contributed by atoms with Crippen molar-refractivity contribution in [2.24, 2.45) is 16.5 Å². The summed E-state index contributed by atoms with van der Waals surface area (Å²) < 4.78 is 0. The Morgan fingerprint density at radius 1 is 1.04 bits per heavy atom. The van der Waals surface area contributed by atoms with E-state index in [4.69, 9.17) is 11.5 Å². The van der Waals surface area contributed by atoms with E-state index in [0.29, 0.717) is 31.6 Å². The van der Waals surface area contributed by atoms with Crippen LogP contribution in [-0.4, -0.2) is 42.1 Å². The summed E-state index contributed by atoms with van der Waals surface area (Å²) in [6, 6.07) is 16.9. The van der Waals surface area contributed by atoms with E-state index < -0.39 is 5.91 Å². The first-order chi connectivity index (χ1) is 13.6. The summed E-state index contributed by atoms with van der Waals surface area (Å²) in [5.74, 6) is -0.598. The van der Waals surface area contributed by atoms with Crippen molar-refractivity contribution in [3.05, 3.63) is 82.6 Å². The van der Waals surface area contributed by atoms with Gasteiger partial charge in [-0.15, -0.1) is 0 Å². The van der Waals surface area contributed by atoms with Gasteiger partial charge in [0.05, 0.1) is 30.4 Å². The predicted octanol–water partition coefficient (Wildman–Crippen LogP) is 1.82. The predicted molar refractivity (Wildman–Crippen MR) is 108 cm³/mol. The highest BCUT2D eigenvalue weighted by Crippen LogP contribution is 2.33. The van der Waals surface area contributed by atoms with Crippen LogP contribution in [0.4, 0.5) is 0 Å². The van der Waals surface area contributed by atoms with Gasteiger partial charge in [0.25, 0.3) is 0 Å². The van der Waals surface area contributed by atoms with E-state index in [9.17, 15) is 9.59 Å². The number of benzene rings is 2. The van der Waals surface area contributed by atoms with Crippen molar-refractivity contribution >= 4 is 17.5 Å². The Labute approximate surface area is 163 Å². The molecule has 0 radical (unpaired) electrons. The average Bonchev–Trinajstić information content (AvgIpc) is 3.03. The number of carbonyl (C=O) groups is 2. The van der Waals surface area contributed by atoms with Crippen molar-refractivity contribution in [1.82, 2.24) is 4.90 Å². The maximum Gasteiger partial charge on any atom is 0.248 e. The molecule has 6 heteroatoms. The van der Waals surface area contributed by atoms with E-state index in [1.165, 1.54) is 0 Å². The SMILES string of the molecule is NCCC(C(=O)N1CC2=C(C1)C(c1ccc(C(N)=O)cc1)=N2)c1ccccc1. The zero-order valence-electron chi connectivity index (χ0n) is 15.5. The maximum absolute atomic E-state index is 13.2. The summed E-state index contributed by atoms with van der Waals surface area (Å²) >= 11 is 0. The summed E-state index contributed by atoms with van der Waals surface area (Å²) in [6.07, 6.45) is 0.617. The topological polar surface area (TPSA) is 102 Å². The van der Waals surface area contributed by atoms with Crippen LogP contribution in [0.15, 0.2) is 70.9 Å². The zero-order valence-corrected chi connectivity index (χ0v) is 15.5. The standard InChI is InChI=1S/C22H22N4O2/c23-11-10-17(14-4-2-1-3-5-14)22(28)26-12-18-19(13-26)25-20(18)15-6-8-16(9-7-15)21(24)27/h1-9,17H,10-13,23H2,(H2,24,27). The lowest BCUT2D eigenvalue weighted by atomic mass is 9.94. The number of nitrogens with two attached hydrogens (primary N) is 2. The Bertz CT molecular complexity index is 977. The number of rotatable bonds is 6. The first-order valence-electron chi connectivity index (χ1n) is 9.33. The van der Waals surface area contributed by atoms with Crippen LogP contribution in [0.1, 0.15) is 33.8 Å². The van der Waals surface area contributed by atoms with Gasteiger partial charge in [0.2, 0.25) is 11.8 Å². The fraction of sp³-hybridized carbons (Fsp3) is 0.227. The lowest BCUT2D eigenvalue weighted by molar-refractivity contribution is -0.131. The molecule has 4 rings (SSSR count). The highest BCUT2D eigenvalue weighted by atomic mass is 16.2. The average molecular weight is 374 g/mol. The fourth-order valence-corrected chi connectivity index (χ4v) is 3.77. The molecule has 0 spiro atoms. The van der Waals surface area contributed by atoms with Crippen LogP contribution in [0.2, 0.25) is 0 Å². The second-order valence-electron chi connectivity index (χ2n) is 7.06. The molecule has 2 aliphatic heterocycles. The number of nitrogens with zero attached hydrogens (tertiary/aromatic N) is 2. The van der Waals surface area contributed by atoms with Gasteiger partial charge >= 0.3 is 0 Å². The molecule has 2 aromatic carbocycles. The van der Waals surface area contributed by atoms with Gasteiger partial charge in [-0.25, -0.2) is 0 Å². The monoisotopic (exact) mass is 374 g/mol. The Morgan fingerprint density at radius 2 is 1.75 bits per heavy atom. The molecule has 0 saturated carbocycles. The molecular weight excluding hydrogens is 352 g/mol. The maximum atomic E-state index is 13.2. The molecule has 4 N–H and O–H groups in total. The van der Waals surface area contributed by atoms with Gasteiger partial charge in [-0.3, -0.25) is 14.6 Å². The van der Waals surface area contributed by atoms with Crippen molar-refractivity contribution in [3.63, 3.8) is 0 Å². The van der Waals surface area contributed by atoms with E-state index in [1.54, 1.807) is 12.1 Å². The lowest BCUT2D eigenvalue weighted by Gasteiger charge is -2.23. The largest absolute Gasteiger partial charge is 0.366 e. The highest BCUT2D eigenvalue weighted by Gasteiger charge is 2.37. The third-order valence-corrected chi connectivity index (χ3v) is 5.28. The summed E-state index contributed by atoms with van der Waals surface area (Å²) in [5, 5.41) is 0. The molecule has 0 fully saturated rings. The van der Waals surface area contributed by atoms with Crippen LogP contribution in [0, 0.1) is 0 Å². The summed E-state index contributed by atoms with van der Waals surface area (Å²) in [5.41, 5.74) is 16.4. The van der Waals surface area contributed by atoms with Gasteiger partial charge in [-0.1, -0.05) is 42.5 Å². The third-order valence-electron chi connectivity index (χ3n) is 5.28. The Kier molecular flexibility index (Phi) is 4.79. The van der Waals surface area contributed by atoms with E-state index in [-0.39, 0.29) is 11.8 Å². The van der Waals surface area contributed by atoms with Gasteiger partial charge in [0.15, 0.2) is 0 Å². The van der Waals surface area contributed by atoms with Crippen molar-refractivity contribution in [3.8, 4) is 0 Å². The van der Waals surface area contributed by atoms with E-state index in [0.717, 1.165) is 28.1 Å². The molecule has 1 atom stereocenters. The van der Waals surface area contributed by atoms with Crippen LogP contribution in [-0.2, 0) is 4.79 Å². The summed E-state index contributed by atoms with van der Waals surface area (Å²) in [7, 11) is 0. The second kappa shape index (κ2) is 7.40. The van der Waals surface area contributed by atoms with Gasteiger partial charge in [0, 0.05) is 16.7 Å². The highest BCUT2D eigenvalue weighted by molar-refractivity contribution is 6.18. The molecule has 0 aromatic heterocycles. The Morgan fingerprint density at radius 3 is 2.39 bits per heavy atom. The summed E-state index contributed by atoms with van der Waals surface area (Å²) in [6.45, 7) is 1.55. The lowest BCUT2D eigenvalue weighted by Crippen LogP contribution is -2.34. The minimum absolute atomic E-state index is 0.0877. The van der Waals surface area contributed by atoms with Crippen LogP contribution in [0.5, 0.6) is 0 Å². The Hall–Kier alpha value is -3.25. The number of primary amides is 1. The van der Waals surface area contributed by atoms with Crippen LogP contribution < -0.4 is 11.5 Å². The second-order valence-corrected chi connectivity index (χ2v) is 7.06. The molecule has 2 amide bonds. The minimum atomic E-state index is -0.452. The molecule has 1 unspecified atom stereocenters. The van der Waals surface area contributed by atoms with Crippen LogP contribution >= 0.6 is 0 Å². The first kappa shape index (κ1) is 18.1. The number of hydrogen-bond donors (Lipinski definition) is 2. The summed E-state index contributed by atoms with van der Waals surface area (Å²) in [4.78, 5) is 30.8. The molecule has 0 bridgehead atoms. The molecule has 142 valence electrons. The van der Waals surface area contributed by atoms with Gasteiger partial charge < -0.3 is 16.4 Å². The molecule has 0 aliphatic carbocycles. The smallest absolute Gasteiger partial charge is 0.248 e. The minimum Gasteiger partial charge on any atom is -0.366 e. The normalized spacial score (nSPS) is 16.3. The number of amides is 2. The molecule has 2 heterocycles. The quantitative estimate of drug-likeness (QED) is 0.806. The fourth-order valence-electron chi connectivity index (χ4n) is 3.77. The zero-order chi connectivity index (χ0) is 19.7. The molecule has 2 aromatic rings. The van der Waals surface area contributed by atoms with Gasteiger partial charge in [-0.2, -0.15) is 0 Å². The van der Waals surface area contributed by atoms with Crippen molar-refractivity contribution in [2.75, 3.05) is 19.6 Å². The van der Waals surface area contributed by atoms with E-state index in [2.05, 4.69) is 4.99 Å². The number of aliphatic imine (C=N–C) groups is 1. The van der Waals surface area contributed by atoms with Crippen LogP contribution in [0.3, 0.4) is 0 Å². The molecule has 0 saturated heterocycles. The van der Waals surface area contributed by atoms with Crippen LogP contribution in [0.25, 0.3) is 0 Å². The number of carbonyl (C=O) groups excluding carboxylic acids is 2. The molecule has 2 aliphatic rings. The van der Waals surface area contributed by atoms with E-state index in [1.807, 2.05) is 47.4 Å². The first-order valence-corrected chi connectivity index (χ1v) is 9.33. The van der Waals surface area contributed by atoms with Gasteiger partial charge in [0.1, 0.15) is 0 Å².